The molecule has 3 rings (SSSR count). The van der Waals surface area contributed by atoms with Crippen LogP contribution in [0.15, 0.2) is 12.1 Å². The summed E-state index contributed by atoms with van der Waals surface area (Å²) in [6.07, 6.45) is 1.10. The lowest BCUT2D eigenvalue weighted by Crippen LogP contribution is -2.18. The Kier molecular flexibility index (Phi) is 3.33. The first-order chi connectivity index (χ1) is 9.22. The van der Waals surface area contributed by atoms with Crippen molar-refractivity contribution in [2.24, 2.45) is 0 Å². The minimum atomic E-state index is 0.392. The number of rotatable bonds is 3. The lowest BCUT2D eigenvalue weighted by atomic mass is 10.2. The van der Waals surface area contributed by atoms with Crippen LogP contribution >= 0.6 is 11.6 Å². The number of pyridine rings is 1. The van der Waals surface area contributed by atoms with E-state index in [1.165, 1.54) is 0 Å². The molecule has 0 spiro atoms. The van der Waals surface area contributed by atoms with E-state index in [4.69, 9.17) is 16.3 Å². The van der Waals surface area contributed by atoms with E-state index in [9.17, 15) is 0 Å². The number of ether oxygens (including phenoxy) is 1. The maximum atomic E-state index is 6.04. The molecule has 2 aromatic heterocycles. The Hall–Kier alpha value is -1.33. The van der Waals surface area contributed by atoms with E-state index in [0.717, 1.165) is 36.5 Å². The number of imidazole rings is 1. The molecule has 0 bridgehead atoms. The van der Waals surface area contributed by atoms with Crippen molar-refractivity contribution in [3.63, 3.8) is 0 Å². The number of likely N-dealkylation sites (N-methyl/N-ethyl adjacent to an activating group) is 1. The summed E-state index contributed by atoms with van der Waals surface area (Å²) in [5, 5.41) is 0. The van der Waals surface area contributed by atoms with Crippen molar-refractivity contribution < 1.29 is 4.74 Å². The first-order valence-electron chi connectivity index (χ1n) is 6.39. The summed E-state index contributed by atoms with van der Waals surface area (Å²) in [7, 11) is 3.76. The number of likely N-dealkylation sites (tertiary alicyclic amines) is 1. The average molecular weight is 281 g/mol. The highest BCUT2D eigenvalue weighted by molar-refractivity contribution is 6.16. The predicted molar refractivity (Wildman–Crippen MR) is 74.8 cm³/mol. The van der Waals surface area contributed by atoms with Crippen LogP contribution < -0.4 is 4.74 Å². The predicted octanol–water partition coefficient (Wildman–Crippen LogP) is 2.06. The molecule has 3 heterocycles. The average Bonchev–Trinajstić information content (AvgIpc) is 3.00. The van der Waals surface area contributed by atoms with E-state index in [0.29, 0.717) is 17.8 Å². The van der Waals surface area contributed by atoms with Crippen molar-refractivity contribution in [2.45, 2.75) is 18.3 Å². The van der Waals surface area contributed by atoms with E-state index in [-0.39, 0.29) is 0 Å². The van der Waals surface area contributed by atoms with Gasteiger partial charge >= 0.3 is 0 Å². The Morgan fingerprint density at radius 2 is 2.26 bits per heavy atom. The first kappa shape index (κ1) is 12.7. The van der Waals surface area contributed by atoms with Gasteiger partial charge in [-0.2, -0.15) is 4.98 Å². The third-order valence-corrected chi connectivity index (χ3v) is 3.88. The van der Waals surface area contributed by atoms with Crippen LogP contribution in [0.25, 0.3) is 11.2 Å². The molecule has 0 amide bonds. The molecule has 1 fully saturated rings. The molecule has 1 aliphatic heterocycles. The fourth-order valence-corrected chi connectivity index (χ4v) is 2.91. The maximum absolute atomic E-state index is 6.04. The highest BCUT2D eigenvalue weighted by Gasteiger charge is 2.25. The maximum Gasteiger partial charge on any atom is 0.215 e. The van der Waals surface area contributed by atoms with Crippen LogP contribution in [0.2, 0.25) is 0 Å². The van der Waals surface area contributed by atoms with E-state index in [1.54, 1.807) is 7.11 Å². The standard InChI is InChI=1S/C13H17ClN4O/c1-17-6-5-9(8-17)18-11(7-14)15-10-3-4-12(19-2)16-13(10)18/h3-4,9H,5-8H2,1-2H3. The third kappa shape index (κ3) is 2.17. The smallest absolute Gasteiger partial charge is 0.215 e. The molecule has 1 saturated heterocycles. The number of alkyl halides is 1. The molecular weight excluding hydrogens is 264 g/mol. The van der Waals surface area contributed by atoms with Gasteiger partial charge in [-0.25, -0.2) is 4.98 Å². The molecular formula is C13H17ClN4O. The van der Waals surface area contributed by atoms with Crippen LogP contribution in [0.4, 0.5) is 0 Å². The van der Waals surface area contributed by atoms with E-state index in [1.807, 2.05) is 12.1 Å². The van der Waals surface area contributed by atoms with Crippen LogP contribution in [0.1, 0.15) is 18.3 Å². The summed E-state index contributed by atoms with van der Waals surface area (Å²) >= 11 is 6.04. The number of halogens is 1. The van der Waals surface area contributed by atoms with Gasteiger partial charge < -0.3 is 14.2 Å². The van der Waals surface area contributed by atoms with Gasteiger partial charge in [0, 0.05) is 12.6 Å². The lowest BCUT2D eigenvalue weighted by molar-refractivity contribution is 0.389. The summed E-state index contributed by atoms with van der Waals surface area (Å²) in [5.74, 6) is 1.90. The Morgan fingerprint density at radius 1 is 1.42 bits per heavy atom. The largest absolute Gasteiger partial charge is 0.481 e. The summed E-state index contributed by atoms with van der Waals surface area (Å²) < 4.78 is 7.38. The fraction of sp³-hybridized carbons (Fsp3) is 0.538. The molecule has 0 N–H and O–H groups in total. The Bertz CT molecular complexity index is 598. The van der Waals surface area contributed by atoms with Crippen molar-refractivity contribution in [1.82, 2.24) is 19.4 Å². The zero-order valence-electron chi connectivity index (χ0n) is 11.1. The van der Waals surface area contributed by atoms with Gasteiger partial charge in [0.25, 0.3) is 0 Å². The molecule has 0 radical (unpaired) electrons. The van der Waals surface area contributed by atoms with Crippen molar-refractivity contribution in [3.8, 4) is 5.88 Å². The summed E-state index contributed by atoms with van der Waals surface area (Å²) in [4.78, 5) is 11.4. The number of hydrogen-bond donors (Lipinski definition) is 0. The molecule has 0 saturated carbocycles. The van der Waals surface area contributed by atoms with Gasteiger partial charge in [-0.15, -0.1) is 11.6 Å². The number of nitrogens with zero attached hydrogens (tertiary/aromatic N) is 4. The van der Waals surface area contributed by atoms with Crippen LogP contribution in [-0.2, 0) is 5.88 Å². The number of aromatic nitrogens is 3. The van der Waals surface area contributed by atoms with E-state index in [2.05, 4.69) is 26.5 Å². The SMILES string of the molecule is COc1ccc2nc(CCl)n(C3CCN(C)C3)c2n1. The van der Waals surface area contributed by atoms with Gasteiger partial charge in [-0.1, -0.05) is 0 Å². The quantitative estimate of drug-likeness (QED) is 0.807. The monoisotopic (exact) mass is 280 g/mol. The molecule has 1 unspecified atom stereocenters. The summed E-state index contributed by atoms with van der Waals surface area (Å²) in [6, 6.07) is 4.16. The molecule has 2 aromatic rings. The van der Waals surface area contributed by atoms with Gasteiger partial charge in [-0.05, 0) is 26.1 Å². The van der Waals surface area contributed by atoms with Gasteiger partial charge in [0.1, 0.15) is 11.3 Å². The summed E-state index contributed by atoms with van der Waals surface area (Å²) in [5.41, 5.74) is 1.75. The molecule has 0 aliphatic carbocycles. The second kappa shape index (κ2) is 4.98. The number of hydrogen-bond acceptors (Lipinski definition) is 4. The number of methoxy groups -OCH3 is 1. The molecule has 1 atom stereocenters. The van der Waals surface area contributed by atoms with Gasteiger partial charge in [0.15, 0.2) is 5.65 Å². The number of fused-ring (bicyclic) bond motifs is 1. The van der Waals surface area contributed by atoms with E-state index < -0.39 is 0 Å². The van der Waals surface area contributed by atoms with Crippen molar-refractivity contribution in [1.29, 1.82) is 0 Å². The molecule has 5 nitrogen and oxygen atoms in total. The molecule has 0 aromatic carbocycles. The fourth-order valence-electron chi connectivity index (χ4n) is 2.72. The summed E-state index contributed by atoms with van der Waals surface area (Å²) in [6.45, 7) is 2.10. The van der Waals surface area contributed by atoms with Crippen LogP contribution in [-0.4, -0.2) is 46.7 Å². The Labute approximate surface area is 117 Å². The van der Waals surface area contributed by atoms with Crippen molar-refractivity contribution >= 4 is 22.8 Å². The van der Waals surface area contributed by atoms with Crippen LogP contribution in [0.3, 0.4) is 0 Å². The second-order valence-corrected chi connectivity index (χ2v) is 5.20. The van der Waals surface area contributed by atoms with Gasteiger partial charge in [0.05, 0.1) is 19.0 Å². The lowest BCUT2D eigenvalue weighted by Gasteiger charge is -2.15. The van der Waals surface area contributed by atoms with E-state index >= 15 is 0 Å². The zero-order valence-corrected chi connectivity index (χ0v) is 11.9. The highest BCUT2D eigenvalue weighted by atomic mass is 35.5. The minimum Gasteiger partial charge on any atom is -0.481 e. The highest BCUT2D eigenvalue weighted by Crippen LogP contribution is 2.28. The Morgan fingerprint density at radius 3 is 2.89 bits per heavy atom. The molecule has 102 valence electrons. The molecule has 19 heavy (non-hydrogen) atoms. The zero-order chi connectivity index (χ0) is 13.4. The molecule has 1 aliphatic rings. The third-order valence-electron chi connectivity index (χ3n) is 3.65. The minimum absolute atomic E-state index is 0.392. The Balaban J connectivity index is 2.13. The van der Waals surface area contributed by atoms with Crippen LogP contribution in [0, 0.1) is 0 Å². The molecule has 6 heteroatoms. The normalized spacial score (nSPS) is 20.3. The van der Waals surface area contributed by atoms with Crippen molar-refractivity contribution in [2.75, 3.05) is 27.2 Å². The topological polar surface area (TPSA) is 43.2 Å². The first-order valence-corrected chi connectivity index (χ1v) is 6.92. The van der Waals surface area contributed by atoms with Gasteiger partial charge in [-0.3, -0.25) is 0 Å². The second-order valence-electron chi connectivity index (χ2n) is 4.93. The van der Waals surface area contributed by atoms with Crippen molar-refractivity contribution in [3.05, 3.63) is 18.0 Å². The van der Waals surface area contributed by atoms with Crippen LogP contribution in [0.5, 0.6) is 5.88 Å². The van der Waals surface area contributed by atoms with Gasteiger partial charge in [0.2, 0.25) is 5.88 Å².